The lowest BCUT2D eigenvalue weighted by Gasteiger charge is -2.16. The molecular weight excluding hydrogens is 513 g/mol. The molecule has 0 saturated heterocycles. The van der Waals surface area contributed by atoms with Crippen LogP contribution in [0.1, 0.15) is 21.7 Å². The van der Waals surface area contributed by atoms with Gasteiger partial charge in [0.2, 0.25) is 0 Å². The second-order valence-electron chi connectivity index (χ2n) is 8.67. The van der Waals surface area contributed by atoms with Crippen molar-refractivity contribution in [3.63, 3.8) is 0 Å². The van der Waals surface area contributed by atoms with Crippen LogP contribution in [-0.2, 0) is 12.7 Å². The summed E-state index contributed by atoms with van der Waals surface area (Å²) in [5.74, 6) is 0.223. The molecule has 1 amide bonds. The van der Waals surface area contributed by atoms with Gasteiger partial charge in [0.1, 0.15) is 0 Å². The topological polar surface area (TPSA) is 86.8 Å². The van der Waals surface area contributed by atoms with Crippen LogP contribution in [0.5, 0.6) is 11.5 Å². The number of rotatable bonds is 7. The highest BCUT2D eigenvalue weighted by Crippen LogP contribution is 2.35. The second-order valence-corrected chi connectivity index (χ2v) is 8.67. The van der Waals surface area contributed by atoms with Gasteiger partial charge in [-0.1, -0.05) is 12.1 Å². The summed E-state index contributed by atoms with van der Waals surface area (Å²) in [4.78, 5) is 18.9. The van der Waals surface area contributed by atoms with Gasteiger partial charge in [0.05, 0.1) is 25.6 Å². The lowest BCUT2D eigenvalue weighted by molar-refractivity contribution is -0.142. The van der Waals surface area contributed by atoms with Crippen molar-refractivity contribution in [2.45, 2.75) is 12.7 Å². The molecule has 2 aromatic carbocycles. The number of hydrogen-bond acceptors (Lipinski definition) is 6. The normalized spacial score (nSPS) is 11.5. The average molecular weight is 537 g/mol. The Morgan fingerprint density at radius 2 is 1.74 bits per heavy atom. The van der Waals surface area contributed by atoms with E-state index in [0.717, 1.165) is 17.3 Å². The number of amides is 1. The van der Waals surface area contributed by atoms with Gasteiger partial charge in [0, 0.05) is 37.6 Å². The third-order valence-electron chi connectivity index (χ3n) is 6.09. The molecule has 0 spiro atoms. The van der Waals surface area contributed by atoms with Crippen molar-refractivity contribution < 1.29 is 27.4 Å². The van der Waals surface area contributed by atoms with Gasteiger partial charge in [-0.2, -0.15) is 23.4 Å². The van der Waals surface area contributed by atoms with E-state index in [9.17, 15) is 18.0 Å². The van der Waals surface area contributed by atoms with Gasteiger partial charge in [-0.15, -0.1) is 0 Å². The third-order valence-corrected chi connectivity index (χ3v) is 6.09. The minimum Gasteiger partial charge on any atom is -0.493 e. The molecule has 3 heterocycles. The van der Waals surface area contributed by atoms with Crippen LogP contribution in [0, 0.1) is 0 Å². The van der Waals surface area contributed by atoms with E-state index in [1.165, 1.54) is 31.3 Å². The Bertz CT molecular complexity index is 1630. The van der Waals surface area contributed by atoms with E-state index in [-0.39, 0.29) is 23.6 Å². The summed E-state index contributed by atoms with van der Waals surface area (Å²) in [5, 5.41) is 8.15. The molecule has 200 valence electrons. The number of nitrogens with zero attached hydrogens (tertiary/aromatic N) is 6. The molecule has 9 nitrogen and oxygen atoms in total. The van der Waals surface area contributed by atoms with Crippen molar-refractivity contribution in [3.05, 3.63) is 90.0 Å². The Morgan fingerprint density at radius 1 is 1.00 bits per heavy atom. The molecule has 0 aliphatic rings. The molecule has 0 unspecified atom stereocenters. The minimum atomic E-state index is -4.75. The maximum absolute atomic E-state index is 14.0. The molecule has 0 atom stereocenters. The summed E-state index contributed by atoms with van der Waals surface area (Å²) in [6, 6.07) is 16.1. The van der Waals surface area contributed by atoms with E-state index >= 15 is 0 Å². The van der Waals surface area contributed by atoms with E-state index in [4.69, 9.17) is 9.47 Å². The van der Waals surface area contributed by atoms with Gasteiger partial charge < -0.3 is 14.4 Å². The summed E-state index contributed by atoms with van der Waals surface area (Å²) in [6.45, 7) is 0.225. The summed E-state index contributed by atoms with van der Waals surface area (Å²) in [5.41, 5.74) is 0.770. The standard InChI is InChI=1S/C27H23F3N6O3/c1-34(16-17-5-8-19(9-6-17)35-12-4-11-31-35)26(37)21-15-25-32-20(14-24(27(28,29)30)36(25)33-21)18-7-10-22(38-2)23(13-18)39-3/h4-15H,16H2,1-3H3. The molecule has 0 fully saturated rings. The number of fused-ring (bicyclic) bond motifs is 1. The van der Waals surface area contributed by atoms with Crippen LogP contribution in [0.25, 0.3) is 22.6 Å². The second kappa shape index (κ2) is 10.1. The fourth-order valence-electron chi connectivity index (χ4n) is 4.14. The number of aromatic nitrogens is 5. The molecule has 39 heavy (non-hydrogen) atoms. The van der Waals surface area contributed by atoms with E-state index in [0.29, 0.717) is 21.6 Å². The van der Waals surface area contributed by atoms with Crippen LogP contribution in [0.2, 0.25) is 0 Å². The smallest absolute Gasteiger partial charge is 0.433 e. The lowest BCUT2D eigenvalue weighted by atomic mass is 10.1. The van der Waals surface area contributed by atoms with Gasteiger partial charge in [0.15, 0.2) is 28.5 Å². The highest BCUT2D eigenvalue weighted by molar-refractivity contribution is 5.93. The van der Waals surface area contributed by atoms with Gasteiger partial charge in [0.25, 0.3) is 5.91 Å². The largest absolute Gasteiger partial charge is 0.493 e. The van der Waals surface area contributed by atoms with Gasteiger partial charge in [-0.25, -0.2) is 14.2 Å². The van der Waals surface area contributed by atoms with Crippen molar-refractivity contribution >= 4 is 11.6 Å². The summed E-state index contributed by atoms with van der Waals surface area (Å²) < 4.78 is 54.9. The quantitative estimate of drug-likeness (QED) is 0.295. The molecule has 3 aromatic heterocycles. The number of alkyl halides is 3. The summed E-state index contributed by atoms with van der Waals surface area (Å²) >= 11 is 0. The fraction of sp³-hybridized carbons (Fsp3) is 0.185. The minimum absolute atomic E-state index is 0.0419. The van der Waals surface area contributed by atoms with Crippen molar-refractivity contribution in [1.29, 1.82) is 0 Å². The average Bonchev–Trinajstić information content (AvgIpc) is 3.62. The number of methoxy groups -OCH3 is 2. The van der Waals surface area contributed by atoms with E-state index in [1.807, 2.05) is 36.5 Å². The van der Waals surface area contributed by atoms with Gasteiger partial charge >= 0.3 is 6.18 Å². The maximum Gasteiger partial charge on any atom is 0.433 e. The number of hydrogen-bond donors (Lipinski definition) is 0. The molecule has 12 heteroatoms. The van der Waals surface area contributed by atoms with E-state index in [1.54, 1.807) is 30.1 Å². The van der Waals surface area contributed by atoms with Crippen LogP contribution < -0.4 is 9.47 Å². The van der Waals surface area contributed by atoms with Crippen LogP contribution in [0.15, 0.2) is 73.1 Å². The molecule has 0 aliphatic carbocycles. The number of ether oxygens (including phenoxy) is 2. The summed E-state index contributed by atoms with van der Waals surface area (Å²) in [6.07, 6.45) is -1.26. The lowest BCUT2D eigenvalue weighted by Crippen LogP contribution is -2.26. The Kier molecular flexibility index (Phi) is 6.69. The van der Waals surface area contributed by atoms with Gasteiger partial charge in [-0.3, -0.25) is 4.79 Å². The number of carbonyl (C=O) groups excluding carboxylic acids is 1. The predicted octanol–water partition coefficient (Wildman–Crippen LogP) is 4.89. The third kappa shape index (κ3) is 5.13. The molecule has 0 saturated carbocycles. The predicted molar refractivity (Wildman–Crippen MR) is 136 cm³/mol. The molecule has 5 aromatic rings. The SMILES string of the molecule is COc1ccc(-c2cc(C(F)(F)F)n3nc(C(=O)N(C)Cc4ccc(-n5cccn5)cc4)cc3n2)cc1OC. The Balaban J connectivity index is 1.45. The zero-order chi connectivity index (χ0) is 27.7. The number of halogens is 3. The highest BCUT2D eigenvalue weighted by Gasteiger charge is 2.36. The Labute approximate surface area is 221 Å². The molecule has 0 bridgehead atoms. The van der Waals surface area contributed by atoms with E-state index in [2.05, 4.69) is 15.2 Å². The maximum atomic E-state index is 14.0. The zero-order valence-electron chi connectivity index (χ0n) is 21.2. The van der Waals surface area contributed by atoms with Crippen molar-refractivity contribution in [1.82, 2.24) is 29.3 Å². The van der Waals surface area contributed by atoms with Crippen molar-refractivity contribution in [2.24, 2.45) is 0 Å². The zero-order valence-corrected chi connectivity index (χ0v) is 21.2. The fourth-order valence-corrected chi connectivity index (χ4v) is 4.14. The van der Waals surface area contributed by atoms with E-state index < -0.39 is 17.8 Å². The van der Waals surface area contributed by atoms with Crippen LogP contribution in [0.4, 0.5) is 13.2 Å². The Hall–Kier alpha value is -4.87. The monoisotopic (exact) mass is 536 g/mol. The van der Waals surface area contributed by atoms with Gasteiger partial charge in [-0.05, 0) is 48.0 Å². The first-order valence-corrected chi connectivity index (χ1v) is 11.7. The first-order chi connectivity index (χ1) is 18.7. The van der Waals surface area contributed by atoms with Crippen LogP contribution in [-0.4, -0.2) is 56.5 Å². The first-order valence-electron chi connectivity index (χ1n) is 11.7. The molecule has 0 N–H and O–H groups in total. The highest BCUT2D eigenvalue weighted by atomic mass is 19.4. The number of benzene rings is 2. The number of carbonyl (C=O) groups is 1. The molecule has 0 radical (unpaired) electrons. The molecule has 0 aliphatic heterocycles. The summed E-state index contributed by atoms with van der Waals surface area (Å²) in [7, 11) is 4.45. The first kappa shape index (κ1) is 25.8. The van der Waals surface area contributed by atoms with Crippen molar-refractivity contribution in [2.75, 3.05) is 21.3 Å². The molecular formula is C27H23F3N6O3. The molecule has 5 rings (SSSR count). The Morgan fingerprint density at radius 3 is 2.38 bits per heavy atom. The van der Waals surface area contributed by atoms with Crippen LogP contribution in [0.3, 0.4) is 0 Å². The van der Waals surface area contributed by atoms with Crippen LogP contribution >= 0.6 is 0 Å². The van der Waals surface area contributed by atoms with Crippen molar-refractivity contribution in [3.8, 4) is 28.4 Å².